The Morgan fingerprint density at radius 2 is 1.79 bits per heavy atom. The predicted molar refractivity (Wildman–Crippen MR) is 81.5 cm³/mol. The Hall–Kier alpha value is -1.02. The van der Waals surface area contributed by atoms with Crippen LogP contribution in [0.4, 0.5) is 5.69 Å². The van der Waals surface area contributed by atoms with Gasteiger partial charge in [0, 0.05) is 23.8 Å². The molecular weight excluding hydrogens is 234 g/mol. The molecule has 1 saturated carbocycles. The number of hydrogen-bond acceptors (Lipinski definition) is 2. The van der Waals surface area contributed by atoms with Crippen LogP contribution < -0.4 is 4.90 Å². The van der Waals surface area contributed by atoms with Gasteiger partial charge < -0.3 is 10.0 Å². The Balaban J connectivity index is 2.31. The van der Waals surface area contributed by atoms with Crippen LogP contribution in [0.5, 0.6) is 0 Å². The normalized spacial score (nSPS) is 17.9. The Labute approximate surface area is 117 Å². The van der Waals surface area contributed by atoms with Gasteiger partial charge in [-0.25, -0.2) is 0 Å². The maximum Gasteiger partial charge on any atom is 0.0781 e. The number of para-hydroxylation sites is 1. The van der Waals surface area contributed by atoms with E-state index in [0.717, 1.165) is 12.1 Å². The van der Waals surface area contributed by atoms with E-state index in [1.54, 1.807) is 0 Å². The highest BCUT2D eigenvalue weighted by Gasteiger charge is 2.25. The van der Waals surface area contributed by atoms with Gasteiger partial charge in [0.25, 0.3) is 0 Å². The van der Waals surface area contributed by atoms with E-state index >= 15 is 0 Å². The molecule has 1 aromatic carbocycles. The quantitative estimate of drug-likeness (QED) is 0.861. The van der Waals surface area contributed by atoms with Crippen LogP contribution in [0.1, 0.15) is 58.1 Å². The van der Waals surface area contributed by atoms with Crippen LogP contribution in [0.15, 0.2) is 24.3 Å². The first-order valence-electron chi connectivity index (χ1n) is 7.63. The highest BCUT2D eigenvalue weighted by atomic mass is 16.3. The van der Waals surface area contributed by atoms with Gasteiger partial charge in [-0.1, -0.05) is 44.9 Å². The van der Waals surface area contributed by atoms with Gasteiger partial charge in [0.1, 0.15) is 0 Å². The van der Waals surface area contributed by atoms with Crippen molar-refractivity contribution in [1.82, 2.24) is 0 Å². The lowest BCUT2D eigenvalue weighted by Crippen LogP contribution is -2.37. The molecule has 2 rings (SSSR count). The number of nitrogens with zero attached hydrogens (tertiary/aromatic N) is 1. The number of hydrogen-bond donors (Lipinski definition) is 1. The van der Waals surface area contributed by atoms with Gasteiger partial charge in [-0.05, 0) is 31.7 Å². The SMILES string of the molecule is CC(C)CN(c1ccccc1[C@@H](C)O)C1CCCC1. The van der Waals surface area contributed by atoms with Crippen molar-refractivity contribution in [3.63, 3.8) is 0 Å². The summed E-state index contributed by atoms with van der Waals surface area (Å²) in [6.45, 7) is 7.48. The van der Waals surface area contributed by atoms with Gasteiger partial charge in [-0.2, -0.15) is 0 Å². The van der Waals surface area contributed by atoms with Crippen LogP contribution in [0.25, 0.3) is 0 Å². The average Bonchev–Trinajstić information content (AvgIpc) is 2.89. The zero-order valence-electron chi connectivity index (χ0n) is 12.5. The van der Waals surface area contributed by atoms with E-state index in [4.69, 9.17) is 0 Å². The molecule has 19 heavy (non-hydrogen) atoms. The standard InChI is InChI=1S/C17H27NO/c1-13(2)12-18(15-8-4-5-9-15)17-11-7-6-10-16(17)14(3)19/h6-7,10-11,13-15,19H,4-5,8-9,12H2,1-3H3/t14-/m1/s1. The molecule has 0 aromatic heterocycles. The second-order valence-electron chi connectivity index (χ2n) is 6.22. The Morgan fingerprint density at radius 1 is 1.16 bits per heavy atom. The number of benzene rings is 1. The van der Waals surface area contributed by atoms with E-state index in [1.807, 2.05) is 13.0 Å². The minimum Gasteiger partial charge on any atom is -0.389 e. The Bertz CT molecular complexity index is 394. The Morgan fingerprint density at radius 3 is 2.37 bits per heavy atom. The molecule has 0 aliphatic heterocycles. The van der Waals surface area contributed by atoms with E-state index < -0.39 is 6.10 Å². The summed E-state index contributed by atoms with van der Waals surface area (Å²) >= 11 is 0. The monoisotopic (exact) mass is 261 g/mol. The summed E-state index contributed by atoms with van der Waals surface area (Å²) in [7, 11) is 0. The van der Waals surface area contributed by atoms with Gasteiger partial charge in [0.05, 0.1) is 6.10 Å². The van der Waals surface area contributed by atoms with Crippen molar-refractivity contribution in [2.45, 2.75) is 58.6 Å². The minimum absolute atomic E-state index is 0.396. The molecule has 1 N–H and O–H groups in total. The van der Waals surface area contributed by atoms with E-state index in [9.17, 15) is 5.11 Å². The fourth-order valence-electron chi connectivity index (χ4n) is 3.16. The lowest BCUT2D eigenvalue weighted by atomic mass is 10.0. The third-order valence-corrected chi connectivity index (χ3v) is 4.02. The second kappa shape index (κ2) is 6.42. The number of aliphatic hydroxyl groups excluding tert-OH is 1. The van der Waals surface area contributed by atoms with Crippen LogP contribution in [0.3, 0.4) is 0 Å². The van der Waals surface area contributed by atoms with Crippen molar-refractivity contribution in [1.29, 1.82) is 0 Å². The summed E-state index contributed by atoms with van der Waals surface area (Å²) in [4.78, 5) is 2.54. The van der Waals surface area contributed by atoms with Crippen molar-refractivity contribution in [3.05, 3.63) is 29.8 Å². The van der Waals surface area contributed by atoms with Gasteiger partial charge in [0.2, 0.25) is 0 Å². The van der Waals surface area contributed by atoms with E-state index in [-0.39, 0.29) is 0 Å². The van der Waals surface area contributed by atoms with Crippen LogP contribution in [-0.4, -0.2) is 17.7 Å². The molecule has 0 radical (unpaired) electrons. The fraction of sp³-hybridized carbons (Fsp3) is 0.647. The number of anilines is 1. The molecule has 1 aliphatic rings. The van der Waals surface area contributed by atoms with Crippen molar-refractivity contribution in [3.8, 4) is 0 Å². The topological polar surface area (TPSA) is 23.5 Å². The molecule has 1 aromatic rings. The third kappa shape index (κ3) is 3.50. The molecule has 0 heterocycles. The molecule has 2 heteroatoms. The summed E-state index contributed by atoms with van der Waals surface area (Å²) in [6, 6.07) is 8.99. The molecular formula is C17H27NO. The molecule has 1 fully saturated rings. The molecule has 0 saturated heterocycles. The summed E-state index contributed by atoms with van der Waals surface area (Å²) in [6.07, 6.45) is 4.88. The van der Waals surface area contributed by atoms with E-state index in [1.165, 1.54) is 31.4 Å². The first-order valence-corrected chi connectivity index (χ1v) is 7.63. The van der Waals surface area contributed by atoms with Gasteiger partial charge in [0.15, 0.2) is 0 Å². The summed E-state index contributed by atoms with van der Waals surface area (Å²) < 4.78 is 0. The van der Waals surface area contributed by atoms with Crippen molar-refractivity contribution in [2.75, 3.05) is 11.4 Å². The minimum atomic E-state index is -0.396. The van der Waals surface area contributed by atoms with Crippen LogP contribution in [-0.2, 0) is 0 Å². The number of aliphatic hydroxyl groups is 1. The largest absolute Gasteiger partial charge is 0.389 e. The van der Waals surface area contributed by atoms with Crippen LogP contribution in [0, 0.1) is 5.92 Å². The molecule has 0 unspecified atom stereocenters. The summed E-state index contributed by atoms with van der Waals surface area (Å²) in [5.41, 5.74) is 2.30. The van der Waals surface area contributed by atoms with Gasteiger partial charge >= 0.3 is 0 Å². The highest BCUT2D eigenvalue weighted by molar-refractivity contribution is 5.55. The van der Waals surface area contributed by atoms with Crippen molar-refractivity contribution in [2.24, 2.45) is 5.92 Å². The molecule has 1 aliphatic carbocycles. The second-order valence-corrected chi connectivity index (χ2v) is 6.22. The van der Waals surface area contributed by atoms with Crippen molar-refractivity contribution >= 4 is 5.69 Å². The molecule has 2 nitrogen and oxygen atoms in total. The predicted octanol–water partition coefficient (Wildman–Crippen LogP) is 4.14. The van der Waals surface area contributed by atoms with Crippen LogP contribution >= 0.6 is 0 Å². The average molecular weight is 261 g/mol. The van der Waals surface area contributed by atoms with Crippen LogP contribution in [0.2, 0.25) is 0 Å². The van der Waals surface area contributed by atoms with E-state index in [0.29, 0.717) is 12.0 Å². The summed E-state index contributed by atoms with van der Waals surface area (Å²) in [5, 5.41) is 10.0. The first kappa shape index (κ1) is 14.4. The lowest BCUT2D eigenvalue weighted by Gasteiger charge is -2.34. The molecule has 0 amide bonds. The zero-order valence-corrected chi connectivity index (χ0v) is 12.5. The molecule has 0 spiro atoms. The first-order chi connectivity index (χ1) is 9.09. The van der Waals surface area contributed by atoms with Crippen molar-refractivity contribution < 1.29 is 5.11 Å². The van der Waals surface area contributed by atoms with E-state index in [2.05, 4.69) is 36.9 Å². The molecule has 106 valence electrons. The fourth-order valence-corrected chi connectivity index (χ4v) is 3.16. The summed E-state index contributed by atoms with van der Waals surface area (Å²) in [5.74, 6) is 0.641. The molecule has 0 bridgehead atoms. The maximum absolute atomic E-state index is 10.0. The van der Waals surface area contributed by atoms with Gasteiger partial charge in [-0.3, -0.25) is 0 Å². The smallest absolute Gasteiger partial charge is 0.0781 e. The third-order valence-electron chi connectivity index (χ3n) is 4.02. The highest BCUT2D eigenvalue weighted by Crippen LogP contribution is 2.33. The zero-order chi connectivity index (χ0) is 13.8. The number of rotatable bonds is 5. The van der Waals surface area contributed by atoms with Gasteiger partial charge in [-0.15, -0.1) is 0 Å². The molecule has 1 atom stereocenters. The lowest BCUT2D eigenvalue weighted by molar-refractivity contribution is 0.199. The Kier molecular flexibility index (Phi) is 4.87. The maximum atomic E-state index is 10.0.